The van der Waals surface area contributed by atoms with Crippen molar-refractivity contribution in [1.82, 2.24) is 0 Å². The molecule has 184 valence electrons. The second-order valence-electron chi connectivity index (χ2n) is 8.77. The van der Waals surface area contributed by atoms with Gasteiger partial charge in [-0.1, -0.05) is 40.0 Å². The maximum atomic E-state index is 10.7. The molecule has 7 heteroatoms. The SMILES string of the molecule is CCCCOCC1OCCC(O)C1OC1OC(C)C(OCCCC)CC1OCCCC. The molecule has 7 atom stereocenters. The summed E-state index contributed by atoms with van der Waals surface area (Å²) in [6.07, 6.45) is 5.23. The van der Waals surface area contributed by atoms with Crippen LogP contribution in [0.1, 0.15) is 79.1 Å². The number of hydrogen-bond acceptors (Lipinski definition) is 7. The Morgan fingerprint density at radius 2 is 1.55 bits per heavy atom. The van der Waals surface area contributed by atoms with Gasteiger partial charge in [0, 0.05) is 32.8 Å². The summed E-state index contributed by atoms with van der Waals surface area (Å²) in [4.78, 5) is 0. The number of unbranched alkanes of at least 4 members (excludes halogenated alkanes) is 3. The van der Waals surface area contributed by atoms with E-state index in [4.69, 9.17) is 28.4 Å². The molecular weight excluding hydrogens is 400 g/mol. The summed E-state index contributed by atoms with van der Waals surface area (Å²) in [6, 6.07) is 0. The van der Waals surface area contributed by atoms with Crippen LogP contribution in [0.2, 0.25) is 0 Å². The molecule has 0 bridgehead atoms. The summed E-state index contributed by atoms with van der Waals surface area (Å²) in [5, 5.41) is 10.7. The second kappa shape index (κ2) is 15.5. The number of hydrogen-bond donors (Lipinski definition) is 1. The molecule has 2 heterocycles. The van der Waals surface area contributed by atoms with E-state index in [0.29, 0.717) is 32.8 Å². The van der Waals surface area contributed by atoms with Crippen molar-refractivity contribution in [3.8, 4) is 0 Å². The van der Waals surface area contributed by atoms with Crippen molar-refractivity contribution >= 4 is 0 Å². The Labute approximate surface area is 189 Å². The number of ether oxygens (including phenoxy) is 6. The van der Waals surface area contributed by atoms with E-state index < -0.39 is 18.5 Å². The van der Waals surface area contributed by atoms with E-state index >= 15 is 0 Å². The number of aliphatic hydroxyl groups excluding tert-OH is 1. The Balaban J connectivity index is 1.99. The van der Waals surface area contributed by atoms with Gasteiger partial charge < -0.3 is 33.5 Å². The summed E-state index contributed by atoms with van der Waals surface area (Å²) in [6.45, 7) is 11.5. The van der Waals surface area contributed by atoms with Gasteiger partial charge in [-0.3, -0.25) is 0 Å². The zero-order valence-electron chi connectivity index (χ0n) is 20.1. The van der Waals surface area contributed by atoms with Gasteiger partial charge in [-0.25, -0.2) is 0 Å². The second-order valence-corrected chi connectivity index (χ2v) is 8.77. The Morgan fingerprint density at radius 3 is 2.23 bits per heavy atom. The molecule has 1 N–H and O–H groups in total. The van der Waals surface area contributed by atoms with E-state index in [1.165, 1.54) is 0 Å². The van der Waals surface area contributed by atoms with Gasteiger partial charge in [0.25, 0.3) is 0 Å². The van der Waals surface area contributed by atoms with Crippen LogP contribution in [0.15, 0.2) is 0 Å². The zero-order chi connectivity index (χ0) is 22.5. The molecule has 2 aliphatic heterocycles. The lowest BCUT2D eigenvalue weighted by molar-refractivity contribution is -0.314. The molecule has 7 unspecified atom stereocenters. The van der Waals surface area contributed by atoms with Gasteiger partial charge in [0.05, 0.1) is 24.9 Å². The van der Waals surface area contributed by atoms with Crippen LogP contribution >= 0.6 is 0 Å². The first kappa shape index (κ1) is 27.0. The molecule has 0 amide bonds. The van der Waals surface area contributed by atoms with E-state index in [2.05, 4.69) is 20.8 Å². The molecule has 2 fully saturated rings. The summed E-state index contributed by atoms with van der Waals surface area (Å²) >= 11 is 0. The Bertz CT molecular complexity index is 450. The Hall–Kier alpha value is -0.280. The molecule has 2 rings (SSSR count). The molecule has 7 nitrogen and oxygen atoms in total. The first-order valence-corrected chi connectivity index (χ1v) is 12.5. The van der Waals surface area contributed by atoms with E-state index in [0.717, 1.165) is 51.6 Å². The van der Waals surface area contributed by atoms with Gasteiger partial charge >= 0.3 is 0 Å². The molecule has 31 heavy (non-hydrogen) atoms. The summed E-state index contributed by atoms with van der Waals surface area (Å²) in [5.41, 5.74) is 0. The van der Waals surface area contributed by atoms with Crippen LogP contribution < -0.4 is 0 Å². The highest BCUT2D eigenvalue weighted by molar-refractivity contribution is 4.87. The van der Waals surface area contributed by atoms with E-state index in [1.54, 1.807) is 0 Å². The molecule has 2 aliphatic rings. The Kier molecular flexibility index (Phi) is 13.5. The predicted octanol–water partition coefficient (Wildman–Crippen LogP) is 3.84. The molecule has 0 aromatic carbocycles. The van der Waals surface area contributed by atoms with E-state index in [-0.39, 0.29) is 24.4 Å². The third-order valence-corrected chi connectivity index (χ3v) is 6.01. The van der Waals surface area contributed by atoms with Crippen molar-refractivity contribution in [2.45, 2.75) is 122 Å². The maximum absolute atomic E-state index is 10.7. The number of rotatable bonds is 15. The first-order valence-electron chi connectivity index (χ1n) is 12.5. The van der Waals surface area contributed by atoms with Crippen LogP contribution in [0.25, 0.3) is 0 Å². The van der Waals surface area contributed by atoms with Crippen LogP contribution in [0, 0.1) is 0 Å². The topological polar surface area (TPSA) is 75.6 Å². The highest BCUT2D eigenvalue weighted by Gasteiger charge is 2.43. The lowest BCUT2D eigenvalue weighted by atomic mass is 10.0. The average molecular weight is 447 g/mol. The molecule has 2 saturated heterocycles. The van der Waals surface area contributed by atoms with Crippen molar-refractivity contribution in [1.29, 1.82) is 0 Å². The monoisotopic (exact) mass is 446 g/mol. The van der Waals surface area contributed by atoms with Gasteiger partial charge in [-0.15, -0.1) is 0 Å². The third kappa shape index (κ3) is 9.24. The van der Waals surface area contributed by atoms with Crippen LogP contribution in [0.5, 0.6) is 0 Å². The van der Waals surface area contributed by atoms with Crippen molar-refractivity contribution in [2.75, 3.05) is 33.0 Å². The minimum absolute atomic E-state index is 0.0151. The van der Waals surface area contributed by atoms with Crippen LogP contribution in [0.3, 0.4) is 0 Å². The molecule has 0 saturated carbocycles. The normalized spacial score (nSPS) is 34.2. The summed E-state index contributed by atoms with van der Waals surface area (Å²) < 4.78 is 36.5. The van der Waals surface area contributed by atoms with Crippen molar-refractivity contribution in [3.05, 3.63) is 0 Å². The minimum atomic E-state index is -0.609. The number of aliphatic hydroxyl groups is 1. The predicted molar refractivity (Wildman–Crippen MR) is 119 cm³/mol. The lowest BCUT2D eigenvalue weighted by Crippen LogP contribution is -2.55. The van der Waals surface area contributed by atoms with Crippen LogP contribution in [-0.2, 0) is 28.4 Å². The van der Waals surface area contributed by atoms with Crippen molar-refractivity contribution in [3.63, 3.8) is 0 Å². The standard InChI is InChI=1S/C24H46O7/c1-5-8-12-26-17-22-23(19(25)11-15-29-22)31-24-21(28-14-10-7-3)16-20(18(4)30-24)27-13-9-6-2/h18-25H,5-17H2,1-4H3. The molecular formula is C24H46O7. The fourth-order valence-corrected chi connectivity index (χ4v) is 3.92. The summed E-state index contributed by atoms with van der Waals surface area (Å²) in [5.74, 6) is 0. The highest BCUT2D eigenvalue weighted by Crippen LogP contribution is 2.30. The molecule has 0 aromatic rings. The molecule has 0 spiro atoms. The van der Waals surface area contributed by atoms with Crippen LogP contribution in [0.4, 0.5) is 0 Å². The van der Waals surface area contributed by atoms with E-state index in [9.17, 15) is 5.11 Å². The molecule has 0 aromatic heterocycles. The minimum Gasteiger partial charge on any atom is -0.390 e. The van der Waals surface area contributed by atoms with Gasteiger partial charge in [-0.05, 0) is 32.6 Å². The van der Waals surface area contributed by atoms with Crippen LogP contribution in [-0.4, -0.2) is 81.1 Å². The highest BCUT2D eigenvalue weighted by atomic mass is 16.7. The lowest BCUT2D eigenvalue weighted by Gasteiger charge is -2.43. The fourth-order valence-electron chi connectivity index (χ4n) is 3.92. The molecule has 0 radical (unpaired) electrons. The maximum Gasteiger partial charge on any atom is 0.184 e. The van der Waals surface area contributed by atoms with Crippen molar-refractivity contribution < 1.29 is 33.5 Å². The first-order chi connectivity index (χ1) is 15.1. The average Bonchev–Trinajstić information content (AvgIpc) is 2.76. The third-order valence-electron chi connectivity index (χ3n) is 6.01. The largest absolute Gasteiger partial charge is 0.390 e. The van der Waals surface area contributed by atoms with Gasteiger partial charge in [-0.2, -0.15) is 0 Å². The van der Waals surface area contributed by atoms with Gasteiger partial charge in [0.15, 0.2) is 6.29 Å². The van der Waals surface area contributed by atoms with Crippen molar-refractivity contribution in [2.24, 2.45) is 0 Å². The van der Waals surface area contributed by atoms with Gasteiger partial charge in [0.2, 0.25) is 0 Å². The smallest absolute Gasteiger partial charge is 0.184 e. The van der Waals surface area contributed by atoms with E-state index in [1.807, 2.05) is 6.92 Å². The quantitative estimate of drug-likeness (QED) is 0.383. The summed E-state index contributed by atoms with van der Waals surface area (Å²) in [7, 11) is 0. The Morgan fingerprint density at radius 1 is 0.903 bits per heavy atom. The fraction of sp³-hybridized carbons (Fsp3) is 1.00. The molecule has 0 aliphatic carbocycles. The zero-order valence-corrected chi connectivity index (χ0v) is 20.1. The van der Waals surface area contributed by atoms with Gasteiger partial charge in [0.1, 0.15) is 18.3 Å².